The third kappa shape index (κ3) is 6.10. The molecule has 0 aliphatic carbocycles. The Morgan fingerprint density at radius 1 is 1.31 bits per heavy atom. The Morgan fingerprint density at radius 2 is 2.04 bits per heavy atom. The molecule has 1 aromatic rings. The van der Waals surface area contributed by atoms with Crippen molar-refractivity contribution < 1.29 is 9.90 Å². The zero-order chi connectivity index (χ0) is 16.9. The molecule has 3 unspecified atom stereocenters. The van der Waals surface area contributed by atoms with E-state index in [9.17, 15) is 9.90 Å². The lowest BCUT2D eigenvalue weighted by Crippen LogP contribution is -2.45. The van der Waals surface area contributed by atoms with Crippen molar-refractivity contribution in [2.45, 2.75) is 38.5 Å². The molecule has 2 saturated heterocycles. The van der Waals surface area contributed by atoms with E-state index in [4.69, 9.17) is 0 Å². The van der Waals surface area contributed by atoms with Crippen LogP contribution >= 0.6 is 24.8 Å². The van der Waals surface area contributed by atoms with E-state index in [0.717, 1.165) is 39.1 Å². The number of halogens is 2. The molecule has 0 spiro atoms. The van der Waals surface area contributed by atoms with Gasteiger partial charge in [-0.25, -0.2) is 0 Å². The van der Waals surface area contributed by atoms with Gasteiger partial charge < -0.3 is 15.3 Å². The monoisotopic (exact) mass is 403 g/mol. The normalized spacial score (nSPS) is 25.4. The summed E-state index contributed by atoms with van der Waals surface area (Å²) in [7, 11) is 0. The Labute approximate surface area is 168 Å². The molecule has 2 fully saturated rings. The molecule has 3 rings (SSSR count). The first kappa shape index (κ1) is 23.2. The number of β-amino-alcohol motifs (C(OH)–C–C–N with tert-alkyl or cyclic N) is 1. The Balaban J connectivity index is 0.00000169. The molecule has 1 amide bonds. The predicted molar refractivity (Wildman–Crippen MR) is 109 cm³/mol. The first-order chi connectivity index (χ1) is 11.7. The lowest BCUT2D eigenvalue weighted by molar-refractivity contribution is -0.133. The highest BCUT2D eigenvalue weighted by Gasteiger charge is 2.32. The van der Waals surface area contributed by atoms with Crippen molar-refractivity contribution in [3.05, 3.63) is 35.9 Å². The van der Waals surface area contributed by atoms with Gasteiger partial charge in [-0.15, -0.1) is 24.8 Å². The summed E-state index contributed by atoms with van der Waals surface area (Å²) in [6, 6.07) is 10.4. The van der Waals surface area contributed by atoms with Gasteiger partial charge >= 0.3 is 0 Å². The SMILES string of the molecule is CCN(CC1CCN(Cc2ccccc2)C1)C(=O)C1CC(O)CN1.Cl.Cl. The van der Waals surface area contributed by atoms with Crippen LogP contribution in [-0.2, 0) is 11.3 Å². The maximum absolute atomic E-state index is 12.6. The second-order valence-corrected chi connectivity index (χ2v) is 7.10. The molecule has 26 heavy (non-hydrogen) atoms. The number of aliphatic hydroxyl groups excluding tert-OH is 1. The Hall–Kier alpha value is -0.850. The lowest BCUT2D eigenvalue weighted by atomic mass is 10.1. The number of hydrogen-bond acceptors (Lipinski definition) is 4. The smallest absolute Gasteiger partial charge is 0.239 e. The number of nitrogens with one attached hydrogen (secondary N) is 1. The highest BCUT2D eigenvalue weighted by Crippen LogP contribution is 2.21. The molecular formula is C19H31Cl2N3O2. The molecule has 3 atom stereocenters. The van der Waals surface area contributed by atoms with Gasteiger partial charge in [-0.05, 0) is 37.8 Å². The molecule has 2 aliphatic heterocycles. The standard InChI is InChI=1S/C19H29N3O2.2ClH/c1-2-22(19(24)18-10-17(23)11-20-18)14-16-8-9-21(13-16)12-15-6-4-3-5-7-15;;/h3-7,16-18,20,23H,2,8-14H2,1H3;2*1H. The van der Waals surface area contributed by atoms with Gasteiger partial charge in [0, 0.05) is 32.7 Å². The summed E-state index contributed by atoms with van der Waals surface area (Å²) in [5, 5.41) is 12.8. The first-order valence-corrected chi connectivity index (χ1v) is 9.12. The Bertz CT molecular complexity index is 547. The van der Waals surface area contributed by atoms with Gasteiger partial charge in [0.15, 0.2) is 0 Å². The molecule has 2 aliphatic rings. The van der Waals surface area contributed by atoms with Crippen molar-refractivity contribution in [3.63, 3.8) is 0 Å². The van der Waals surface area contributed by atoms with E-state index < -0.39 is 0 Å². The summed E-state index contributed by atoms with van der Waals surface area (Å²) in [5.74, 6) is 0.694. The topological polar surface area (TPSA) is 55.8 Å². The predicted octanol–water partition coefficient (Wildman–Crippen LogP) is 1.92. The van der Waals surface area contributed by atoms with Gasteiger partial charge in [-0.1, -0.05) is 30.3 Å². The molecule has 5 nitrogen and oxygen atoms in total. The van der Waals surface area contributed by atoms with Crippen molar-refractivity contribution in [3.8, 4) is 0 Å². The average molecular weight is 404 g/mol. The van der Waals surface area contributed by atoms with Crippen LogP contribution in [0.2, 0.25) is 0 Å². The first-order valence-electron chi connectivity index (χ1n) is 9.12. The van der Waals surface area contributed by atoms with Crippen molar-refractivity contribution in [2.24, 2.45) is 5.92 Å². The number of benzene rings is 1. The molecule has 0 bridgehead atoms. The second-order valence-electron chi connectivity index (χ2n) is 7.10. The molecule has 2 heterocycles. The molecule has 148 valence electrons. The molecule has 2 N–H and O–H groups in total. The fourth-order valence-corrected chi connectivity index (χ4v) is 3.86. The summed E-state index contributed by atoms with van der Waals surface area (Å²) >= 11 is 0. The van der Waals surface area contributed by atoms with E-state index in [1.165, 1.54) is 5.56 Å². The summed E-state index contributed by atoms with van der Waals surface area (Å²) < 4.78 is 0. The average Bonchev–Trinajstić information content (AvgIpc) is 3.22. The molecule has 0 saturated carbocycles. The number of nitrogens with zero attached hydrogens (tertiary/aromatic N) is 2. The van der Waals surface area contributed by atoms with Gasteiger partial charge in [0.05, 0.1) is 12.1 Å². The summed E-state index contributed by atoms with van der Waals surface area (Å²) in [5.41, 5.74) is 1.35. The quantitative estimate of drug-likeness (QED) is 0.761. The molecular weight excluding hydrogens is 373 g/mol. The van der Waals surface area contributed by atoms with Crippen LogP contribution in [-0.4, -0.2) is 65.7 Å². The van der Waals surface area contributed by atoms with Gasteiger partial charge in [-0.3, -0.25) is 9.69 Å². The molecule has 1 aromatic carbocycles. The largest absolute Gasteiger partial charge is 0.392 e. The van der Waals surface area contributed by atoms with Gasteiger partial charge in [-0.2, -0.15) is 0 Å². The van der Waals surface area contributed by atoms with Crippen LogP contribution < -0.4 is 5.32 Å². The minimum atomic E-state index is -0.384. The molecule has 7 heteroatoms. The maximum Gasteiger partial charge on any atom is 0.239 e. The van der Waals surface area contributed by atoms with Crippen LogP contribution in [0.15, 0.2) is 30.3 Å². The number of hydrogen-bond donors (Lipinski definition) is 2. The van der Waals surface area contributed by atoms with Crippen LogP contribution in [0.4, 0.5) is 0 Å². The van der Waals surface area contributed by atoms with Crippen LogP contribution in [0, 0.1) is 5.92 Å². The van der Waals surface area contributed by atoms with E-state index in [1.807, 2.05) is 11.8 Å². The highest BCUT2D eigenvalue weighted by atomic mass is 35.5. The van der Waals surface area contributed by atoms with Gasteiger partial charge in [0.1, 0.15) is 0 Å². The zero-order valence-corrected chi connectivity index (χ0v) is 17.0. The zero-order valence-electron chi connectivity index (χ0n) is 15.3. The minimum absolute atomic E-state index is 0. The molecule has 0 aromatic heterocycles. The maximum atomic E-state index is 12.6. The lowest BCUT2D eigenvalue weighted by Gasteiger charge is -2.27. The van der Waals surface area contributed by atoms with E-state index in [-0.39, 0.29) is 42.9 Å². The van der Waals surface area contributed by atoms with E-state index in [0.29, 0.717) is 18.9 Å². The number of likely N-dealkylation sites (tertiary alicyclic amines) is 1. The Morgan fingerprint density at radius 3 is 2.65 bits per heavy atom. The number of amides is 1. The number of carbonyl (C=O) groups is 1. The van der Waals surface area contributed by atoms with Crippen LogP contribution in [0.5, 0.6) is 0 Å². The Kier molecular flexibility index (Phi) is 9.90. The summed E-state index contributed by atoms with van der Waals surface area (Å²) in [6.45, 7) is 7.29. The molecule has 0 radical (unpaired) electrons. The van der Waals surface area contributed by atoms with Crippen LogP contribution in [0.25, 0.3) is 0 Å². The highest BCUT2D eigenvalue weighted by molar-refractivity contribution is 5.85. The van der Waals surface area contributed by atoms with Gasteiger partial charge in [0.2, 0.25) is 5.91 Å². The third-order valence-corrected chi connectivity index (χ3v) is 5.20. The number of likely N-dealkylation sites (N-methyl/N-ethyl adjacent to an activating group) is 1. The fraction of sp³-hybridized carbons (Fsp3) is 0.632. The van der Waals surface area contributed by atoms with E-state index in [2.05, 4.69) is 40.5 Å². The van der Waals surface area contributed by atoms with Crippen molar-refractivity contribution in [2.75, 3.05) is 32.7 Å². The van der Waals surface area contributed by atoms with Crippen LogP contribution in [0.3, 0.4) is 0 Å². The fourth-order valence-electron chi connectivity index (χ4n) is 3.86. The van der Waals surface area contributed by atoms with Gasteiger partial charge in [0.25, 0.3) is 0 Å². The van der Waals surface area contributed by atoms with E-state index in [1.54, 1.807) is 0 Å². The van der Waals surface area contributed by atoms with Crippen molar-refractivity contribution in [1.29, 1.82) is 0 Å². The number of rotatable bonds is 6. The third-order valence-electron chi connectivity index (χ3n) is 5.20. The van der Waals surface area contributed by atoms with E-state index >= 15 is 0 Å². The van der Waals surface area contributed by atoms with Crippen LogP contribution in [0.1, 0.15) is 25.3 Å². The second kappa shape index (κ2) is 11.1. The van der Waals surface area contributed by atoms with Crippen molar-refractivity contribution in [1.82, 2.24) is 15.1 Å². The summed E-state index contributed by atoms with van der Waals surface area (Å²) in [6.07, 6.45) is 1.31. The number of aliphatic hydroxyl groups is 1. The minimum Gasteiger partial charge on any atom is -0.392 e. The number of carbonyl (C=O) groups excluding carboxylic acids is 1. The summed E-state index contributed by atoms with van der Waals surface area (Å²) in [4.78, 5) is 17.1. The van der Waals surface area contributed by atoms with Crippen molar-refractivity contribution >= 4 is 30.7 Å².